The van der Waals surface area contributed by atoms with Gasteiger partial charge in [-0.3, -0.25) is 0 Å². The highest BCUT2D eigenvalue weighted by atomic mass is 79.9. The molecule has 0 atom stereocenters. The van der Waals surface area contributed by atoms with Crippen LogP contribution >= 0.6 is 15.9 Å². The normalized spacial score (nSPS) is 19.0. The molecule has 2 aromatic rings. The van der Waals surface area contributed by atoms with Gasteiger partial charge in [-0.2, -0.15) is 0 Å². The zero-order valence-corrected chi connectivity index (χ0v) is 13.5. The molecule has 1 spiro atoms. The number of aromatic nitrogens is 1. The zero-order valence-electron chi connectivity index (χ0n) is 12.0. The van der Waals surface area contributed by atoms with Gasteiger partial charge in [0.2, 0.25) is 0 Å². The van der Waals surface area contributed by atoms with Gasteiger partial charge in [0.15, 0.2) is 11.6 Å². The van der Waals surface area contributed by atoms with E-state index in [9.17, 15) is 8.78 Å². The van der Waals surface area contributed by atoms with Gasteiger partial charge in [-0.15, -0.1) is 0 Å². The predicted octanol–water partition coefficient (Wildman–Crippen LogP) is 5.09. The third kappa shape index (κ3) is 2.06. The van der Waals surface area contributed by atoms with Crippen LogP contribution in [0, 0.1) is 11.6 Å². The third-order valence-corrected chi connectivity index (χ3v) is 5.31. The number of rotatable bonds is 1. The van der Waals surface area contributed by atoms with Crippen LogP contribution in [0.3, 0.4) is 0 Å². The van der Waals surface area contributed by atoms with Gasteiger partial charge in [0.25, 0.3) is 0 Å². The van der Waals surface area contributed by atoms with Crippen molar-refractivity contribution >= 4 is 27.3 Å². The van der Waals surface area contributed by atoms with E-state index in [0.717, 1.165) is 35.4 Å². The summed E-state index contributed by atoms with van der Waals surface area (Å²) in [6.45, 7) is 0.789. The minimum atomic E-state index is -0.812. The second kappa shape index (κ2) is 5.01. The fourth-order valence-corrected chi connectivity index (χ4v) is 4.14. The van der Waals surface area contributed by atoms with Crippen molar-refractivity contribution in [2.75, 3.05) is 11.4 Å². The first-order valence-corrected chi connectivity index (χ1v) is 8.28. The van der Waals surface area contributed by atoms with Gasteiger partial charge in [0.05, 0.1) is 11.4 Å². The topological polar surface area (TPSA) is 16.1 Å². The van der Waals surface area contributed by atoms with Crippen molar-refractivity contribution in [2.24, 2.45) is 0 Å². The fraction of sp³-hybridized carbons (Fsp3) is 0.353. The van der Waals surface area contributed by atoms with E-state index in [1.165, 1.54) is 25.0 Å². The van der Waals surface area contributed by atoms with E-state index in [2.05, 4.69) is 20.8 Å². The molecule has 1 saturated carbocycles. The van der Waals surface area contributed by atoms with Gasteiger partial charge in [-0.05, 0) is 53.0 Å². The van der Waals surface area contributed by atoms with E-state index in [-0.39, 0.29) is 5.41 Å². The number of hydrogen-bond acceptors (Lipinski definition) is 2. The zero-order chi connectivity index (χ0) is 15.3. The molecule has 4 rings (SSSR count). The maximum absolute atomic E-state index is 13.6. The smallest absolute Gasteiger partial charge is 0.160 e. The van der Waals surface area contributed by atoms with E-state index in [0.29, 0.717) is 5.69 Å². The molecule has 22 heavy (non-hydrogen) atoms. The Kier molecular flexibility index (Phi) is 3.22. The van der Waals surface area contributed by atoms with Crippen LogP contribution in [0.4, 0.5) is 20.2 Å². The SMILES string of the molecule is Fc1ccc(N2CC3(CCCC3)c3nc(Br)ccc32)cc1F. The van der Waals surface area contributed by atoms with Crippen molar-refractivity contribution in [3.05, 3.63) is 52.3 Å². The maximum atomic E-state index is 13.6. The molecule has 2 aliphatic rings. The lowest BCUT2D eigenvalue weighted by molar-refractivity contribution is 0.464. The summed E-state index contributed by atoms with van der Waals surface area (Å²) in [5, 5.41) is 0. The number of hydrogen-bond donors (Lipinski definition) is 0. The van der Waals surface area contributed by atoms with Crippen LogP contribution < -0.4 is 4.90 Å². The maximum Gasteiger partial charge on any atom is 0.160 e. The first-order valence-electron chi connectivity index (χ1n) is 7.49. The molecule has 5 heteroatoms. The number of anilines is 2. The Bertz CT molecular complexity index is 741. The number of nitrogens with zero attached hydrogens (tertiary/aromatic N) is 2. The highest BCUT2D eigenvalue weighted by Gasteiger charge is 2.46. The summed E-state index contributed by atoms with van der Waals surface area (Å²) in [5.41, 5.74) is 2.83. The Morgan fingerprint density at radius 1 is 1.05 bits per heavy atom. The number of halogens is 3. The summed E-state index contributed by atoms with van der Waals surface area (Å²) in [6, 6.07) is 8.02. The van der Waals surface area contributed by atoms with Crippen LogP contribution in [-0.4, -0.2) is 11.5 Å². The molecule has 1 aromatic heterocycles. The quantitative estimate of drug-likeness (QED) is 0.655. The van der Waals surface area contributed by atoms with Crippen molar-refractivity contribution in [2.45, 2.75) is 31.1 Å². The molecule has 0 N–H and O–H groups in total. The minimum absolute atomic E-state index is 0.0456. The molecule has 0 radical (unpaired) electrons. The molecule has 114 valence electrons. The average molecular weight is 365 g/mol. The van der Waals surface area contributed by atoms with Gasteiger partial charge in [0, 0.05) is 23.7 Å². The highest BCUT2D eigenvalue weighted by Crippen LogP contribution is 2.51. The van der Waals surface area contributed by atoms with E-state index in [4.69, 9.17) is 4.98 Å². The number of benzene rings is 1. The van der Waals surface area contributed by atoms with E-state index in [1.54, 1.807) is 6.07 Å². The minimum Gasteiger partial charge on any atom is -0.339 e. The monoisotopic (exact) mass is 364 g/mol. The lowest BCUT2D eigenvalue weighted by atomic mass is 9.84. The van der Waals surface area contributed by atoms with Crippen molar-refractivity contribution in [1.82, 2.24) is 4.98 Å². The first kappa shape index (κ1) is 14.1. The molecule has 0 unspecified atom stereocenters. The van der Waals surface area contributed by atoms with E-state index in [1.807, 2.05) is 12.1 Å². The molecule has 0 amide bonds. The average Bonchev–Trinajstić information content (AvgIpc) is 3.09. The van der Waals surface area contributed by atoms with Gasteiger partial charge in [-0.1, -0.05) is 12.8 Å². The second-order valence-corrected chi connectivity index (χ2v) is 6.99. The molecular formula is C17H15BrF2N2. The molecule has 1 aromatic carbocycles. The Balaban J connectivity index is 1.84. The predicted molar refractivity (Wildman–Crippen MR) is 85.4 cm³/mol. The summed E-state index contributed by atoms with van der Waals surface area (Å²) in [5.74, 6) is -1.62. The Hall–Kier alpha value is -1.49. The lowest BCUT2D eigenvalue weighted by Gasteiger charge is -2.25. The summed E-state index contributed by atoms with van der Waals surface area (Å²) in [4.78, 5) is 6.78. The highest BCUT2D eigenvalue weighted by molar-refractivity contribution is 9.10. The largest absolute Gasteiger partial charge is 0.339 e. The van der Waals surface area contributed by atoms with Crippen molar-refractivity contribution < 1.29 is 8.78 Å². The van der Waals surface area contributed by atoms with Gasteiger partial charge in [0.1, 0.15) is 4.60 Å². The third-order valence-electron chi connectivity index (χ3n) is 4.87. The van der Waals surface area contributed by atoms with Gasteiger partial charge < -0.3 is 4.90 Å². The molecule has 1 aliphatic heterocycles. The van der Waals surface area contributed by atoms with Crippen LogP contribution in [0.15, 0.2) is 34.9 Å². The summed E-state index contributed by atoms with van der Waals surface area (Å²) in [7, 11) is 0. The van der Waals surface area contributed by atoms with Crippen molar-refractivity contribution in [3.8, 4) is 0 Å². The molecule has 2 heterocycles. The van der Waals surface area contributed by atoms with Crippen LogP contribution in [0.5, 0.6) is 0 Å². The molecule has 0 bridgehead atoms. The molecular weight excluding hydrogens is 350 g/mol. The second-order valence-electron chi connectivity index (χ2n) is 6.17. The Morgan fingerprint density at radius 3 is 2.55 bits per heavy atom. The van der Waals surface area contributed by atoms with Crippen LogP contribution in [0.2, 0.25) is 0 Å². The first-order chi connectivity index (χ1) is 10.6. The van der Waals surface area contributed by atoms with Crippen molar-refractivity contribution in [3.63, 3.8) is 0 Å². The van der Waals surface area contributed by atoms with Crippen LogP contribution in [0.25, 0.3) is 0 Å². The number of fused-ring (bicyclic) bond motifs is 2. The molecule has 1 fully saturated rings. The molecule has 2 nitrogen and oxygen atoms in total. The van der Waals surface area contributed by atoms with Gasteiger partial charge >= 0.3 is 0 Å². The number of pyridine rings is 1. The molecule has 1 aliphatic carbocycles. The lowest BCUT2D eigenvalue weighted by Crippen LogP contribution is -2.29. The standard InChI is InChI=1S/C17H15BrF2N2/c18-15-6-5-14-16(21-15)17(7-1-2-8-17)10-22(14)11-3-4-12(19)13(20)9-11/h3-6,9H,1-2,7-8,10H2. The summed E-state index contributed by atoms with van der Waals surface area (Å²) < 4.78 is 27.7. The van der Waals surface area contributed by atoms with Gasteiger partial charge in [-0.25, -0.2) is 13.8 Å². The van der Waals surface area contributed by atoms with Crippen LogP contribution in [-0.2, 0) is 5.41 Å². The summed E-state index contributed by atoms with van der Waals surface area (Å²) in [6.07, 6.45) is 4.59. The Labute approximate surface area is 136 Å². The Morgan fingerprint density at radius 2 is 1.82 bits per heavy atom. The van der Waals surface area contributed by atoms with E-state index >= 15 is 0 Å². The summed E-state index contributed by atoms with van der Waals surface area (Å²) >= 11 is 3.45. The molecule has 0 saturated heterocycles. The van der Waals surface area contributed by atoms with Crippen LogP contribution in [0.1, 0.15) is 31.4 Å². The van der Waals surface area contributed by atoms with Crippen molar-refractivity contribution in [1.29, 1.82) is 0 Å². The fourth-order valence-electron chi connectivity index (χ4n) is 3.83. The van der Waals surface area contributed by atoms with E-state index < -0.39 is 11.6 Å².